The van der Waals surface area contributed by atoms with Gasteiger partial charge in [0.15, 0.2) is 0 Å². The predicted molar refractivity (Wildman–Crippen MR) is 43.5 cm³/mol. The zero-order chi connectivity index (χ0) is 9.47. The summed E-state index contributed by atoms with van der Waals surface area (Å²) in [7, 11) is 0. The maximum atomic E-state index is 12.7. The van der Waals surface area contributed by atoms with E-state index >= 15 is 0 Å². The standard InChI is InChI=1S/C9H13F2NO/c10-9(11)4-3-7(5-9)12-8(13)6-1-2-6/h6-7H,1-5H2,(H,12,13). The lowest BCUT2D eigenvalue weighted by Crippen LogP contribution is -2.34. The number of carbonyl (C=O) groups is 1. The van der Waals surface area contributed by atoms with Crippen molar-refractivity contribution < 1.29 is 13.6 Å². The minimum Gasteiger partial charge on any atom is -0.353 e. The molecule has 74 valence electrons. The van der Waals surface area contributed by atoms with Crippen LogP contribution in [0.25, 0.3) is 0 Å². The van der Waals surface area contributed by atoms with Gasteiger partial charge in [-0.05, 0) is 19.3 Å². The van der Waals surface area contributed by atoms with Gasteiger partial charge in [-0.3, -0.25) is 4.79 Å². The Bertz CT molecular complexity index is 226. The van der Waals surface area contributed by atoms with Gasteiger partial charge in [-0.25, -0.2) is 8.78 Å². The largest absolute Gasteiger partial charge is 0.353 e. The molecule has 1 amide bonds. The SMILES string of the molecule is O=C(NC1CCC(F)(F)C1)C1CC1. The van der Waals surface area contributed by atoms with Gasteiger partial charge in [0.2, 0.25) is 11.8 Å². The lowest BCUT2D eigenvalue weighted by molar-refractivity contribution is -0.123. The van der Waals surface area contributed by atoms with Crippen LogP contribution in [-0.2, 0) is 4.79 Å². The van der Waals surface area contributed by atoms with Crippen LogP contribution in [0.3, 0.4) is 0 Å². The molecule has 0 aromatic carbocycles. The van der Waals surface area contributed by atoms with Crippen LogP contribution in [0.1, 0.15) is 32.1 Å². The third-order valence-electron chi connectivity index (χ3n) is 2.70. The molecule has 2 saturated carbocycles. The molecule has 1 unspecified atom stereocenters. The second-order valence-corrected chi connectivity index (χ2v) is 4.08. The lowest BCUT2D eigenvalue weighted by atomic mass is 10.2. The fraction of sp³-hybridized carbons (Fsp3) is 0.889. The first-order valence-electron chi connectivity index (χ1n) is 4.75. The average Bonchev–Trinajstić information content (AvgIpc) is 2.78. The van der Waals surface area contributed by atoms with Gasteiger partial charge in [0.05, 0.1) is 0 Å². The van der Waals surface area contributed by atoms with Crippen molar-refractivity contribution in [3.05, 3.63) is 0 Å². The van der Waals surface area contributed by atoms with E-state index < -0.39 is 5.92 Å². The molecule has 0 spiro atoms. The maximum absolute atomic E-state index is 12.7. The Morgan fingerprint density at radius 1 is 1.31 bits per heavy atom. The molecule has 2 fully saturated rings. The van der Waals surface area contributed by atoms with E-state index in [-0.39, 0.29) is 30.7 Å². The molecule has 13 heavy (non-hydrogen) atoms. The number of carbonyl (C=O) groups excluding carboxylic acids is 1. The molecule has 0 radical (unpaired) electrons. The van der Waals surface area contributed by atoms with Crippen molar-refractivity contribution in [1.82, 2.24) is 5.32 Å². The highest BCUT2D eigenvalue weighted by atomic mass is 19.3. The molecule has 0 aliphatic heterocycles. The molecule has 1 atom stereocenters. The summed E-state index contributed by atoms with van der Waals surface area (Å²) in [6.07, 6.45) is 2.02. The van der Waals surface area contributed by atoms with Crippen LogP contribution < -0.4 is 5.32 Å². The van der Waals surface area contributed by atoms with E-state index in [0.717, 1.165) is 12.8 Å². The minimum absolute atomic E-state index is 0.0253. The van der Waals surface area contributed by atoms with Crippen LogP contribution in [0.4, 0.5) is 8.78 Å². The smallest absolute Gasteiger partial charge is 0.250 e. The first kappa shape index (κ1) is 8.91. The molecule has 2 aliphatic carbocycles. The van der Waals surface area contributed by atoms with Crippen molar-refractivity contribution >= 4 is 5.91 Å². The number of rotatable bonds is 2. The lowest BCUT2D eigenvalue weighted by Gasteiger charge is -2.12. The fourth-order valence-electron chi connectivity index (χ4n) is 1.74. The van der Waals surface area contributed by atoms with E-state index in [1.54, 1.807) is 0 Å². The van der Waals surface area contributed by atoms with Gasteiger partial charge >= 0.3 is 0 Å². The van der Waals surface area contributed by atoms with Crippen LogP contribution in [0, 0.1) is 5.92 Å². The van der Waals surface area contributed by atoms with Crippen molar-refractivity contribution in [1.29, 1.82) is 0 Å². The van der Waals surface area contributed by atoms with Crippen molar-refractivity contribution in [3.63, 3.8) is 0 Å². The number of nitrogens with one attached hydrogen (secondary N) is 1. The quantitative estimate of drug-likeness (QED) is 0.703. The van der Waals surface area contributed by atoms with Gasteiger partial charge < -0.3 is 5.32 Å². The highest BCUT2D eigenvalue weighted by Crippen LogP contribution is 2.36. The summed E-state index contributed by atoms with van der Waals surface area (Å²) in [4.78, 5) is 11.2. The Labute approximate surface area is 75.7 Å². The Morgan fingerprint density at radius 2 is 2.00 bits per heavy atom. The molecule has 0 heterocycles. The first-order chi connectivity index (χ1) is 6.07. The van der Waals surface area contributed by atoms with Crippen LogP contribution in [0.5, 0.6) is 0 Å². The van der Waals surface area contributed by atoms with Crippen LogP contribution in [-0.4, -0.2) is 17.9 Å². The molecule has 0 saturated heterocycles. The van der Waals surface area contributed by atoms with Crippen molar-refractivity contribution in [2.45, 2.75) is 44.1 Å². The predicted octanol–water partition coefficient (Wildman–Crippen LogP) is 1.70. The van der Waals surface area contributed by atoms with Gasteiger partial charge in [-0.2, -0.15) is 0 Å². The molecular weight excluding hydrogens is 176 g/mol. The third kappa shape index (κ3) is 2.17. The van der Waals surface area contributed by atoms with Gasteiger partial charge in [0.1, 0.15) is 0 Å². The molecule has 0 aromatic heterocycles. The van der Waals surface area contributed by atoms with E-state index in [1.807, 2.05) is 0 Å². The Kier molecular flexibility index (Phi) is 2.00. The summed E-state index contributed by atoms with van der Waals surface area (Å²) in [5.74, 6) is -2.46. The minimum atomic E-state index is -2.55. The molecule has 4 heteroatoms. The summed E-state index contributed by atoms with van der Waals surface area (Å²) in [5, 5.41) is 2.68. The van der Waals surface area contributed by atoms with Crippen molar-refractivity contribution in [2.75, 3.05) is 0 Å². The molecule has 2 aliphatic rings. The molecular formula is C9H13F2NO. The Balaban J connectivity index is 1.79. The second-order valence-electron chi connectivity index (χ2n) is 4.08. The highest BCUT2D eigenvalue weighted by Gasteiger charge is 2.41. The molecule has 2 rings (SSSR count). The molecule has 2 nitrogen and oxygen atoms in total. The molecule has 0 bridgehead atoms. The number of hydrogen-bond acceptors (Lipinski definition) is 1. The number of hydrogen-bond donors (Lipinski definition) is 1. The second kappa shape index (κ2) is 2.93. The zero-order valence-corrected chi connectivity index (χ0v) is 7.35. The van der Waals surface area contributed by atoms with Crippen LogP contribution >= 0.6 is 0 Å². The van der Waals surface area contributed by atoms with E-state index in [4.69, 9.17) is 0 Å². The van der Waals surface area contributed by atoms with Crippen molar-refractivity contribution in [2.24, 2.45) is 5.92 Å². The normalized spacial score (nSPS) is 31.7. The van der Waals surface area contributed by atoms with E-state index in [0.29, 0.717) is 6.42 Å². The highest BCUT2D eigenvalue weighted by molar-refractivity contribution is 5.81. The summed E-state index contributed by atoms with van der Waals surface area (Å²) < 4.78 is 25.4. The van der Waals surface area contributed by atoms with E-state index in [1.165, 1.54) is 0 Å². The van der Waals surface area contributed by atoms with Gasteiger partial charge in [0.25, 0.3) is 0 Å². The number of amides is 1. The average molecular weight is 189 g/mol. The summed E-state index contributed by atoms with van der Waals surface area (Å²) in [5.41, 5.74) is 0. The third-order valence-corrected chi connectivity index (χ3v) is 2.70. The summed E-state index contributed by atoms with van der Waals surface area (Å²) in [6, 6.07) is -0.289. The van der Waals surface area contributed by atoms with E-state index in [9.17, 15) is 13.6 Å². The van der Waals surface area contributed by atoms with Crippen LogP contribution in [0.2, 0.25) is 0 Å². The number of halogens is 2. The monoisotopic (exact) mass is 189 g/mol. The first-order valence-corrected chi connectivity index (χ1v) is 4.75. The maximum Gasteiger partial charge on any atom is 0.250 e. The Morgan fingerprint density at radius 3 is 2.46 bits per heavy atom. The topological polar surface area (TPSA) is 29.1 Å². The zero-order valence-electron chi connectivity index (χ0n) is 7.35. The molecule has 0 aromatic rings. The fourth-order valence-corrected chi connectivity index (χ4v) is 1.74. The van der Waals surface area contributed by atoms with Crippen molar-refractivity contribution in [3.8, 4) is 0 Å². The Hall–Kier alpha value is -0.670. The van der Waals surface area contributed by atoms with Gasteiger partial charge in [0, 0.05) is 24.8 Å². The van der Waals surface area contributed by atoms with Gasteiger partial charge in [-0.1, -0.05) is 0 Å². The number of alkyl halides is 2. The molecule has 1 N–H and O–H groups in total. The van der Waals surface area contributed by atoms with E-state index in [2.05, 4.69) is 5.32 Å². The van der Waals surface area contributed by atoms with Crippen LogP contribution in [0.15, 0.2) is 0 Å². The van der Waals surface area contributed by atoms with Gasteiger partial charge in [-0.15, -0.1) is 0 Å². The summed E-state index contributed by atoms with van der Waals surface area (Å²) in [6.45, 7) is 0. The summed E-state index contributed by atoms with van der Waals surface area (Å²) >= 11 is 0.